The van der Waals surface area contributed by atoms with Gasteiger partial charge < -0.3 is 20.7 Å². The third kappa shape index (κ3) is 5.28. The van der Waals surface area contributed by atoms with E-state index in [-0.39, 0.29) is 17.7 Å². The van der Waals surface area contributed by atoms with Gasteiger partial charge >= 0.3 is 0 Å². The molecule has 6 nitrogen and oxygen atoms in total. The van der Waals surface area contributed by atoms with E-state index < -0.39 is 6.04 Å². The monoisotopic (exact) mass is 347 g/mol. The van der Waals surface area contributed by atoms with Gasteiger partial charge in [-0.1, -0.05) is 12.1 Å². The summed E-state index contributed by atoms with van der Waals surface area (Å²) in [6.45, 7) is 7.07. The Hall–Kier alpha value is -1.92. The summed E-state index contributed by atoms with van der Waals surface area (Å²) in [5, 5.41) is 2.89. The number of ether oxygens (including phenoxy) is 1. The number of hydrogen-bond acceptors (Lipinski definition) is 4. The first-order valence-corrected chi connectivity index (χ1v) is 9.06. The molecule has 0 bridgehead atoms. The van der Waals surface area contributed by atoms with Gasteiger partial charge in [-0.05, 0) is 50.3 Å². The Bertz CT molecular complexity index is 564. The van der Waals surface area contributed by atoms with E-state index in [2.05, 4.69) is 5.32 Å². The number of hydrogen-bond donors (Lipinski definition) is 2. The summed E-state index contributed by atoms with van der Waals surface area (Å²) in [7, 11) is 0. The topological polar surface area (TPSA) is 84.7 Å². The third-order valence-corrected chi connectivity index (χ3v) is 4.79. The molecule has 1 aliphatic heterocycles. The Morgan fingerprint density at radius 3 is 2.36 bits per heavy atom. The van der Waals surface area contributed by atoms with Crippen molar-refractivity contribution >= 4 is 11.8 Å². The van der Waals surface area contributed by atoms with E-state index in [0.29, 0.717) is 38.4 Å². The molecule has 0 radical (unpaired) electrons. The molecule has 0 spiro atoms. The second-order valence-corrected chi connectivity index (χ2v) is 6.37. The third-order valence-electron chi connectivity index (χ3n) is 4.79. The summed E-state index contributed by atoms with van der Waals surface area (Å²) in [6.07, 6.45) is 1.66. The van der Waals surface area contributed by atoms with Crippen LogP contribution in [0.1, 0.15) is 42.6 Å². The van der Waals surface area contributed by atoms with Gasteiger partial charge in [-0.25, -0.2) is 0 Å². The Morgan fingerprint density at radius 1 is 1.20 bits per heavy atom. The summed E-state index contributed by atoms with van der Waals surface area (Å²) in [5.41, 5.74) is 7.68. The van der Waals surface area contributed by atoms with Crippen LogP contribution in [0.15, 0.2) is 24.3 Å². The van der Waals surface area contributed by atoms with Crippen molar-refractivity contribution in [3.8, 4) is 0 Å². The number of benzene rings is 1. The maximum Gasteiger partial charge on any atom is 0.253 e. The zero-order valence-electron chi connectivity index (χ0n) is 15.2. The van der Waals surface area contributed by atoms with Gasteiger partial charge in [0.2, 0.25) is 5.91 Å². The molecule has 1 unspecified atom stereocenters. The summed E-state index contributed by atoms with van der Waals surface area (Å²) in [6, 6.07) is 6.86. The van der Waals surface area contributed by atoms with E-state index in [1.807, 2.05) is 26.0 Å². The zero-order valence-corrected chi connectivity index (χ0v) is 15.2. The lowest BCUT2D eigenvalue weighted by Gasteiger charge is -2.26. The number of rotatable bonds is 7. The van der Waals surface area contributed by atoms with Gasteiger partial charge in [-0.3, -0.25) is 9.59 Å². The number of carbonyl (C=O) groups excluding carboxylic acids is 2. The molecule has 1 heterocycles. The maximum atomic E-state index is 12.3. The van der Waals surface area contributed by atoms with Crippen LogP contribution in [0, 0.1) is 5.92 Å². The van der Waals surface area contributed by atoms with Gasteiger partial charge in [-0.2, -0.15) is 0 Å². The zero-order chi connectivity index (χ0) is 18.2. The first-order chi connectivity index (χ1) is 12.1. The van der Waals surface area contributed by atoms with Crippen LogP contribution in [0.3, 0.4) is 0 Å². The fraction of sp³-hybridized carbons (Fsp3) is 0.579. The molecular weight excluding hydrogens is 318 g/mol. The molecule has 0 saturated carbocycles. The minimum Gasteiger partial charge on any atom is -0.381 e. The molecule has 2 rings (SSSR count). The fourth-order valence-corrected chi connectivity index (χ4v) is 3.05. The molecule has 1 atom stereocenters. The molecule has 0 aliphatic carbocycles. The Morgan fingerprint density at radius 2 is 1.80 bits per heavy atom. The highest BCUT2D eigenvalue weighted by Gasteiger charge is 2.26. The molecule has 1 saturated heterocycles. The van der Waals surface area contributed by atoms with E-state index in [0.717, 1.165) is 18.4 Å². The van der Waals surface area contributed by atoms with Crippen molar-refractivity contribution in [3.05, 3.63) is 35.4 Å². The van der Waals surface area contributed by atoms with Gasteiger partial charge in [0.05, 0.1) is 6.04 Å². The van der Waals surface area contributed by atoms with Crippen molar-refractivity contribution in [2.75, 3.05) is 26.3 Å². The number of nitrogens with one attached hydrogen (secondary N) is 1. The van der Waals surface area contributed by atoms with E-state index in [1.165, 1.54) is 0 Å². The van der Waals surface area contributed by atoms with Crippen LogP contribution in [0.2, 0.25) is 0 Å². The molecule has 138 valence electrons. The van der Waals surface area contributed by atoms with Crippen LogP contribution < -0.4 is 11.1 Å². The lowest BCUT2D eigenvalue weighted by Crippen LogP contribution is -2.46. The fourth-order valence-electron chi connectivity index (χ4n) is 3.05. The predicted octanol–water partition coefficient (Wildman–Crippen LogP) is 1.54. The van der Waals surface area contributed by atoms with Crippen LogP contribution in [0.4, 0.5) is 0 Å². The van der Waals surface area contributed by atoms with Crippen LogP contribution in [0.25, 0.3) is 0 Å². The molecule has 1 fully saturated rings. The quantitative estimate of drug-likeness (QED) is 0.783. The van der Waals surface area contributed by atoms with Gasteiger partial charge in [-0.15, -0.1) is 0 Å². The molecule has 1 aliphatic rings. The van der Waals surface area contributed by atoms with E-state index in [4.69, 9.17) is 10.5 Å². The summed E-state index contributed by atoms with van der Waals surface area (Å²) in [4.78, 5) is 26.3. The first-order valence-electron chi connectivity index (χ1n) is 9.06. The molecule has 1 aromatic rings. The van der Waals surface area contributed by atoms with Crippen molar-refractivity contribution in [2.24, 2.45) is 11.7 Å². The maximum absolute atomic E-state index is 12.3. The highest BCUT2D eigenvalue weighted by molar-refractivity contribution is 5.94. The normalized spacial score (nSPS) is 16.3. The largest absolute Gasteiger partial charge is 0.381 e. The minimum atomic E-state index is -0.493. The van der Waals surface area contributed by atoms with E-state index in [1.54, 1.807) is 17.0 Å². The van der Waals surface area contributed by atoms with Gasteiger partial charge in [0, 0.05) is 38.4 Å². The van der Waals surface area contributed by atoms with Crippen molar-refractivity contribution in [3.63, 3.8) is 0 Å². The number of nitrogens with two attached hydrogens (primary N) is 1. The number of nitrogens with zero attached hydrogens (tertiary/aromatic N) is 1. The molecule has 1 aromatic carbocycles. The van der Waals surface area contributed by atoms with Gasteiger partial charge in [0.1, 0.15) is 0 Å². The van der Waals surface area contributed by atoms with Crippen molar-refractivity contribution in [2.45, 2.75) is 39.3 Å². The summed E-state index contributed by atoms with van der Waals surface area (Å²) >= 11 is 0. The molecular formula is C19H29N3O3. The molecule has 2 amide bonds. The Labute approximate surface area is 149 Å². The standard InChI is InChI=1S/C19H29N3O3/c1-3-22(4-2)19(24)16-7-5-14(6-8-16)13-21-18(23)17(20)15-9-11-25-12-10-15/h5-8,15,17H,3-4,9-13,20H2,1-2H3,(H,21,23). The first kappa shape index (κ1) is 19.4. The lowest BCUT2D eigenvalue weighted by molar-refractivity contribution is -0.124. The van der Waals surface area contributed by atoms with Crippen LogP contribution in [0.5, 0.6) is 0 Å². The lowest BCUT2D eigenvalue weighted by atomic mass is 9.92. The Kier molecular flexibility index (Phi) is 7.40. The Balaban J connectivity index is 1.86. The van der Waals surface area contributed by atoms with Crippen molar-refractivity contribution < 1.29 is 14.3 Å². The van der Waals surface area contributed by atoms with E-state index in [9.17, 15) is 9.59 Å². The predicted molar refractivity (Wildman–Crippen MR) is 97.1 cm³/mol. The van der Waals surface area contributed by atoms with Gasteiger partial charge in [0.25, 0.3) is 5.91 Å². The molecule has 25 heavy (non-hydrogen) atoms. The number of carbonyl (C=O) groups is 2. The minimum absolute atomic E-state index is 0.0297. The smallest absolute Gasteiger partial charge is 0.253 e. The van der Waals surface area contributed by atoms with Crippen LogP contribution in [-0.4, -0.2) is 49.1 Å². The second kappa shape index (κ2) is 9.53. The molecule has 0 aromatic heterocycles. The van der Waals surface area contributed by atoms with Crippen molar-refractivity contribution in [1.29, 1.82) is 0 Å². The highest BCUT2D eigenvalue weighted by Crippen LogP contribution is 2.17. The molecule has 6 heteroatoms. The van der Waals surface area contributed by atoms with Crippen LogP contribution >= 0.6 is 0 Å². The summed E-state index contributed by atoms with van der Waals surface area (Å²) < 4.78 is 5.30. The summed E-state index contributed by atoms with van der Waals surface area (Å²) in [5.74, 6) is 0.0835. The van der Waals surface area contributed by atoms with Crippen molar-refractivity contribution in [1.82, 2.24) is 10.2 Å². The van der Waals surface area contributed by atoms with E-state index >= 15 is 0 Å². The second-order valence-electron chi connectivity index (χ2n) is 6.37. The average Bonchev–Trinajstić information content (AvgIpc) is 2.67. The van der Waals surface area contributed by atoms with Gasteiger partial charge in [0.15, 0.2) is 0 Å². The van der Waals surface area contributed by atoms with Crippen LogP contribution in [-0.2, 0) is 16.1 Å². The number of amides is 2. The SMILES string of the molecule is CCN(CC)C(=O)c1ccc(CNC(=O)C(N)C2CCOCC2)cc1. The average molecular weight is 347 g/mol. The highest BCUT2D eigenvalue weighted by atomic mass is 16.5. The molecule has 3 N–H and O–H groups in total.